The average molecular weight is 393 g/mol. The van der Waals surface area contributed by atoms with Gasteiger partial charge in [-0.15, -0.1) is 11.8 Å². The minimum absolute atomic E-state index is 0.234. The molecule has 0 unspecified atom stereocenters. The first kappa shape index (κ1) is 20.5. The molecule has 0 saturated carbocycles. The Morgan fingerprint density at radius 3 is 2.50 bits per heavy atom. The van der Waals surface area contributed by atoms with Gasteiger partial charge in [-0.2, -0.15) is 4.99 Å². The molecule has 1 aromatic carbocycles. The minimum Gasteiger partial charge on any atom is -0.462 e. The molecule has 0 aliphatic carbocycles. The third-order valence-corrected chi connectivity index (χ3v) is 5.87. The molecule has 2 rings (SSSR count). The Morgan fingerprint density at radius 1 is 1.27 bits per heavy atom. The summed E-state index contributed by atoms with van der Waals surface area (Å²) in [5.41, 5.74) is 1.67. The number of hydrogen-bond acceptors (Lipinski definition) is 5. The fourth-order valence-corrected chi connectivity index (χ4v) is 4.16. The van der Waals surface area contributed by atoms with Crippen LogP contribution in [0.2, 0.25) is 0 Å². The third-order valence-electron chi connectivity index (χ3n) is 3.64. The maximum Gasteiger partial charge on any atom is 0.350 e. The second kappa shape index (κ2) is 9.19. The SMILES string of the molecule is CCOC(=O)c1sc(=NC(=O)Cc2ccc(SC(C)C)cc2)n(C)c1C. The van der Waals surface area contributed by atoms with E-state index < -0.39 is 0 Å². The van der Waals surface area contributed by atoms with Gasteiger partial charge in [-0.3, -0.25) is 4.79 Å². The van der Waals surface area contributed by atoms with Crippen molar-refractivity contribution in [2.45, 2.75) is 44.3 Å². The predicted molar refractivity (Wildman–Crippen MR) is 106 cm³/mol. The van der Waals surface area contributed by atoms with Crippen LogP contribution in [0.5, 0.6) is 0 Å². The van der Waals surface area contributed by atoms with Crippen LogP contribution < -0.4 is 4.80 Å². The van der Waals surface area contributed by atoms with Gasteiger partial charge in [0.2, 0.25) is 0 Å². The Kier molecular flexibility index (Phi) is 7.23. The largest absolute Gasteiger partial charge is 0.462 e. The molecule has 0 atom stereocenters. The van der Waals surface area contributed by atoms with Crippen molar-refractivity contribution in [1.29, 1.82) is 0 Å². The number of amides is 1. The molecule has 2 aromatic rings. The fourth-order valence-electron chi connectivity index (χ4n) is 2.29. The first-order valence-electron chi connectivity index (χ1n) is 8.48. The van der Waals surface area contributed by atoms with Gasteiger partial charge >= 0.3 is 5.97 Å². The molecule has 0 aliphatic heterocycles. The Morgan fingerprint density at radius 2 is 1.92 bits per heavy atom. The monoisotopic (exact) mass is 392 g/mol. The summed E-state index contributed by atoms with van der Waals surface area (Å²) in [5.74, 6) is -0.612. The van der Waals surface area contributed by atoms with Crippen molar-refractivity contribution in [2.24, 2.45) is 12.0 Å². The van der Waals surface area contributed by atoms with Gasteiger partial charge in [-0.1, -0.05) is 37.3 Å². The Hall–Kier alpha value is -1.86. The number of rotatable bonds is 6. The van der Waals surface area contributed by atoms with E-state index in [-0.39, 0.29) is 18.3 Å². The quantitative estimate of drug-likeness (QED) is 0.555. The summed E-state index contributed by atoms with van der Waals surface area (Å²) in [7, 11) is 1.79. The van der Waals surface area contributed by atoms with Gasteiger partial charge < -0.3 is 9.30 Å². The highest BCUT2D eigenvalue weighted by Crippen LogP contribution is 2.23. The van der Waals surface area contributed by atoms with Crippen LogP contribution in [0.4, 0.5) is 0 Å². The molecule has 0 saturated heterocycles. The molecule has 140 valence electrons. The zero-order chi connectivity index (χ0) is 19.3. The summed E-state index contributed by atoms with van der Waals surface area (Å²) >= 11 is 2.97. The number of carbonyl (C=O) groups excluding carboxylic acids is 2. The smallest absolute Gasteiger partial charge is 0.350 e. The molecule has 5 nitrogen and oxygen atoms in total. The Balaban J connectivity index is 2.15. The van der Waals surface area contributed by atoms with Gasteiger partial charge in [-0.05, 0) is 31.5 Å². The van der Waals surface area contributed by atoms with Crippen LogP contribution in [0.1, 0.15) is 41.7 Å². The van der Waals surface area contributed by atoms with E-state index in [4.69, 9.17) is 4.74 Å². The van der Waals surface area contributed by atoms with Crippen molar-refractivity contribution in [1.82, 2.24) is 4.57 Å². The molecule has 0 N–H and O–H groups in total. The van der Waals surface area contributed by atoms with Crippen LogP contribution >= 0.6 is 23.1 Å². The molecule has 0 radical (unpaired) electrons. The Labute approximate surface area is 162 Å². The van der Waals surface area contributed by atoms with Crippen molar-refractivity contribution in [3.8, 4) is 0 Å². The molecule has 7 heteroatoms. The van der Waals surface area contributed by atoms with E-state index in [1.807, 2.05) is 31.2 Å². The lowest BCUT2D eigenvalue weighted by molar-refractivity contribution is -0.117. The van der Waals surface area contributed by atoms with Crippen LogP contribution in [0.3, 0.4) is 0 Å². The number of carbonyl (C=O) groups is 2. The van der Waals surface area contributed by atoms with Crippen molar-refractivity contribution >= 4 is 35.0 Å². The van der Waals surface area contributed by atoms with E-state index in [0.717, 1.165) is 11.3 Å². The topological polar surface area (TPSA) is 60.7 Å². The fraction of sp³-hybridized carbons (Fsp3) is 0.421. The number of esters is 1. The summed E-state index contributed by atoms with van der Waals surface area (Å²) in [4.78, 5) is 30.6. The summed E-state index contributed by atoms with van der Waals surface area (Å²) < 4.78 is 6.79. The number of ether oxygens (including phenoxy) is 1. The van der Waals surface area contributed by atoms with Crippen LogP contribution in [0.15, 0.2) is 34.2 Å². The zero-order valence-electron chi connectivity index (χ0n) is 15.7. The summed E-state index contributed by atoms with van der Waals surface area (Å²) in [6.45, 7) is 8.19. The number of aromatic nitrogens is 1. The molecule has 1 aromatic heterocycles. The predicted octanol–water partition coefficient (Wildman–Crippen LogP) is 3.74. The van der Waals surface area contributed by atoms with Gasteiger partial charge in [-0.25, -0.2) is 4.79 Å². The van der Waals surface area contributed by atoms with Crippen molar-refractivity contribution < 1.29 is 14.3 Å². The number of benzene rings is 1. The number of hydrogen-bond donors (Lipinski definition) is 0. The average Bonchev–Trinajstić information content (AvgIpc) is 2.85. The number of thioether (sulfide) groups is 1. The van der Waals surface area contributed by atoms with Crippen molar-refractivity contribution in [3.05, 3.63) is 45.2 Å². The molecule has 0 bridgehead atoms. The van der Waals surface area contributed by atoms with Crippen LogP contribution in [-0.2, 0) is 23.0 Å². The Bertz CT molecular complexity index is 849. The van der Waals surface area contributed by atoms with E-state index in [9.17, 15) is 9.59 Å². The molecule has 0 aliphatic rings. The lowest BCUT2D eigenvalue weighted by Crippen LogP contribution is -2.15. The highest BCUT2D eigenvalue weighted by atomic mass is 32.2. The van der Waals surface area contributed by atoms with Crippen LogP contribution in [-0.4, -0.2) is 28.3 Å². The number of thiazole rings is 1. The van der Waals surface area contributed by atoms with Crippen molar-refractivity contribution in [2.75, 3.05) is 6.61 Å². The number of nitrogens with zero attached hydrogens (tertiary/aromatic N) is 2. The summed E-state index contributed by atoms with van der Waals surface area (Å²) in [6.07, 6.45) is 0.234. The van der Waals surface area contributed by atoms with Gasteiger partial charge in [0.05, 0.1) is 13.0 Å². The maximum absolute atomic E-state index is 12.3. The van der Waals surface area contributed by atoms with Gasteiger partial charge in [0, 0.05) is 22.9 Å². The third kappa shape index (κ3) is 5.32. The molecule has 0 spiro atoms. The lowest BCUT2D eigenvalue weighted by Gasteiger charge is -2.05. The second-order valence-corrected chi connectivity index (χ2v) is 8.70. The van der Waals surface area contributed by atoms with Gasteiger partial charge in [0.1, 0.15) is 4.88 Å². The summed E-state index contributed by atoms with van der Waals surface area (Å²) in [6, 6.07) is 7.98. The molecule has 1 heterocycles. The first-order valence-corrected chi connectivity index (χ1v) is 10.2. The van der Waals surface area contributed by atoms with E-state index >= 15 is 0 Å². The van der Waals surface area contributed by atoms with Crippen LogP contribution in [0, 0.1) is 6.92 Å². The van der Waals surface area contributed by atoms with E-state index in [0.29, 0.717) is 21.5 Å². The molecule has 1 amide bonds. The van der Waals surface area contributed by atoms with E-state index in [1.165, 1.54) is 16.2 Å². The normalized spacial score (nSPS) is 11.8. The highest BCUT2D eigenvalue weighted by molar-refractivity contribution is 7.99. The van der Waals surface area contributed by atoms with Gasteiger partial charge in [0.15, 0.2) is 4.80 Å². The standard InChI is InChI=1S/C19H24N2O3S2/c1-6-24-18(23)17-13(4)21(5)19(26-17)20-16(22)11-14-7-9-15(10-8-14)25-12(2)3/h7-10,12H,6,11H2,1-5H3. The first-order chi connectivity index (χ1) is 12.3. The second-order valence-electron chi connectivity index (χ2n) is 6.07. The van der Waals surface area contributed by atoms with E-state index in [1.54, 1.807) is 30.3 Å². The van der Waals surface area contributed by atoms with Crippen LogP contribution in [0.25, 0.3) is 0 Å². The van der Waals surface area contributed by atoms with Crippen molar-refractivity contribution in [3.63, 3.8) is 0 Å². The lowest BCUT2D eigenvalue weighted by atomic mass is 10.1. The zero-order valence-corrected chi connectivity index (χ0v) is 17.4. The molecule has 26 heavy (non-hydrogen) atoms. The summed E-state index contributed by atoms with van der Waals surface area (Å²) in [5, 5.41) is 0.521. The highest BCUT2D eigenvalue weighted by Gasteiger charge is 2.16. The van der Waals surface area contributed by atoms with E-state index in [2.05, 4.69) is 18.8 Å². The van der Waals surface area contributed by atoms with Gasteiger partial charge in [0.25, 0.3) is 5.91 Å². The molecular weight excluding hydrogens is 368 g/mol. The molecule has 0 fully saturated rings. The maximum atomic E-state index is 12.3. The molecular formula is C19H24N2O3S2. The minimum atomic E-state index is -0.377.